The van der Waals surface area contributed by atoms with E-state index in [-0.39, 0.29) is 5.56 Å². The Kier molecular flexibility index (Phi) is 4.67. The highest BCUT2D eigenvalue weighted by Gasteiger charge is 2.19. The van der Waals surface area contributed by atoms with Crippen molar-refractivity contribution in [3.63, 3.8) is 0 Å². The van der Waals surface area contributed by atoms with Gasteiger partial charge in [-0.3, -0.25) is 4.79 Å². The molecule has 1 aromatic carbocycles. The second-order valence-corrected chi connectivity index (χ2v) is 4.49. The third-order valence-corrected chi connectivity index (χ3v) is 2.80. The molecule has 0 radical (unpaired) electrons. The number of carbonyl (C=O) groups is 2. The molecule has 0 bridgehead atoms. The minimum absolute atomic E-state index is 0.161. The molecule has 1 heterocycles. The fourth-order valence-corrected chi connectivity index (χ4v) is 1.61. The van der Waals surface area contributed by atoms with Gasteiger partial charge in [0.15, 0.2) is 18.5 Å². The third-order valence-electron chi connectivity index (χ3n) is 2.80. The molecule has 0 aliphatic carbocycles. The molecule has 0 saturated heterocycles. The summed E-state index contributed by atoms with van der Waals surface area (Å²) < 4.78 is 18.3. The number of pyridine rings is 1. The molecule has 0 saturated carbocycles. The van der Waals surface area contributed by atoms with E-state index in [0.717, 1.165) is 12.4 Å². The second kappa shape index (κ2) is 6.66. The Labute approximate surface area is 125 Å². The van der Waals surface area contributed by atoms with Gasteiger partial charge >= 0.3 is 5.97 Å². The first-order chi connectivity index (χ1) is 10.5. The fourth-order valence-electron chi connectivity index (χ4n) is 1.61. The number of carbonyl (C=O) groups excluding carboxylic acids is 2. The summed E-state index contributed by atoms with van der Waals surface area (Å²) in [4.78, 5) is 23.7. The Morgan fingerprint density at radius 2 is 1.77 bits per heavy atom. The zero-order chi connectivity index (χ0) is 16.1. The standard InChI is InChI=1S/C15H13FN2O4/c1-10(14(19)17-13-4-2-12(16)3-5-13)22-15(20)11-6-8-18(21)9-7-11/h2-10H,1H3,(H,17,19)/t10-/m0/s1. The normalized spacial score (nSPS) is 11.5. The van der Waals surface area contributed by atoms with Crippen LogP contribution >= 0.6 is 0 Å². The number of halogens is 1. The highest BCUT2D eigenvalue weighted by atomic mass is 19.1. The number of ether oxygens (including phenoxy) is 1. The van der Waals surface area contributed by atoms with Crippen molar-refractivity contribution in [3.05, 3.63) is 65.4 Å². The first kappa shape index (κ1) is 15.4. The number of anilines is 1. The number of hydrogen-bond donors (Lipinski definition) is 1. The quantitative estimate of drug-likeness (QED) is 0.529. The number of rotatable bonds is 4. The van der Waals surface area contributed by atoms with Gasteiger partial charge in [0.05, 0.1) is 5.56 Å². The zero-order valence-corrected chi connectivity index (χ0v) is 11.7. The average Bonchev–Trinajstić information content (AvgIpc) is 2.50. The number of aromatic nitrogens is 1. The molecule has 0 aliphatic heterocycles. The van der Waals surface area contributed by atoms with Gasteiger partial charge in [0.1, 0.15) is 5.82 Å². The molecule has 7 heteroatoms. The van der Waals surface area contributed by atoms with Crippen molar-refractivity contribution in [3.8, 4) is 0 Å². The molecule has 114 valence electrons. The lowest BCUT2D eigenvalue weighted by atomic mass is 10.2. The number of hydrogen-bond acceptors (Lipinski definition) is 4. The SMILES string of the molecule is C[C@H](OC(=O)c1cc[n+]([O-])cc1)C(=O)Nc1ccc(F)cc1. The highest BCUT2D eigenvalue weighted by molar-refractivity contribution is 5.97. The van der Waals surface area contributed by atoms with Crippen LogP contribution in [0.25, 0.3) is 0 Å². The number of nitrogens with zero attached hydrogens (tertiary/aromatic N) is 1. The number of nitrogens with one attached hydrogen (secondary N) is 1. The van der Waals surface area contributed by atoms with E-state index in [4.69, 9.17) is 4.74 Å². The molecule has 0 unspecified atom stereocenters. The molecule has 0 fully saturated rings. The predicted molar refractivity (Wildman–Crippen MR) is 75.3 cm³/mol. The summed E-state index contributed by atoms with van der Waals surface area (Å²) in [6.45, 7) is 1.41. The molecule has 6 nitrogen and oxygen atoms in total. The van der Waals surface area contributed by atoms with E-state index in [9.17, 15) is 19.2 Å². The monoisotopic (exact) mass is 304 g/mol. The lowest BCUT2D eigenvalue weighted by Gasteiger charge is -2.13. The highest BCUT2D eigenvalue weighted by Crippen LogP contribution is 2.10. The van der Waals surface area contributed by atoms with Crippen molar-refractivity contribution in [1.29, 1.82) is 0 Å². The van der Waals surface area contributed by atoms with Gasteiger partial charge in [0.2, 0.25) is 0 Å². The minimum atomic E-state index is -1.04. The van der Waals surface area contributed by atoms with E-state index in [1.54, 1.807) is 0 Å². The van der Waals surface area contributed by atoms with Gasteiger partial charge in [-0.05, 0) is 31.2 Å². The van der Waals surface area contributed by atoms with Crippen LogP contribution in [-0.2, 0) is 9.53 Å². The van der Waals surface area contributed by atoms with Crippen molar-refractivity contribution in [2.45, 2.75) is 13.0 Å². The number of amides is 1. The number of esters is 1. The topological polar surface area (TPSA) is 82.3 Å². The maximum atomic E-state index is 12.8. The Balaban J connectivity index is 1.94. The van der Waals surface area contributed by atoms with Gasteiger partial charge in [-0.2, -0.15) is 4.73 Å². The van der Waals surface area contributed by atoms with Crippen LogP contribution < -0.4 is 10.0 Å². The molecule has 1 amide bonds. The lowest BCUT2D eigenvalue weighted by molar-refractivity contribution is -0.605. The van der Waals surface area contributed by atoms with Crippen molar-refractivity contribution in [1.82, 2.24) is 0 Å². The molecule has 1 atom stereocenters. The zero-order valence-electron chi connectivity index (χ0n) is 11.7. The average molecular weight is 304 g/mol. The van der Waals surface area contributed by atoms with Crippen LogP contribution in [-0.4, -0.2) is 18.0 Å². The molecule has 1 N–H and O–H groups in total. The van der Waals surface area contributed by atoms with Gasteiger partial charge in [-0.25, -0.2) is 9.18 Å². The van der Waals surface area contributed by atoms with E-state index < -0.39 is 23.8 Å². The second-order valence-electron chi connectivity index (χ2n) is 4.49. The van der Waals surface area contributed by atoms with Crippen LogP contribution in [0.5, 0.6) is 0 Å². The Morgan fingerprint density at radius 3 is 2.36 bits per heavy atom. The van der Waals surface area contributed by atoms with E-state index in [0.29, 0.717) is 10.4 Å². The van der Waals surface area contributed by atoms with Crippen LogP contribution in [0.1, 0.15) is 17.3 Å². The number of benzene rings is 1. The van der Waals surface area contributed by atoms with Crippen molar-refractivity contribution >= 4 is 17.6 Å². The van der Waals surface area contributed by atoms with Crippen LogP contribution in [0.15, 0.2) is 48.8 Å². The summed E-state index contributed by atoms with van der Waals surface area (Å²) in [5, 5.41) is 13.4. The van der Waals surface area contributed by atoms with Crippen LogP contribution in [0.2, 0.25) is 0 Å². The Morgan fingerprint density at radius 1 is 1.18 bits per heavy atom. The van der Waals surface area contributed by atoms with E-state index in [2.05, 4.69) is 5.32 Å². The summed E-state index contributed by atoms with van der Waals surface area (Å²) in [6.07, 6.45) is 1.26. The predicted octanol–water partition coefficient (Wildman–Crippen LogP) is 1.64. The van der Waals surface area contributed by atoms with Gasteiger partial charge in [-0.15, -0.1) is 0 Å². The van der Waals surface area contributed by atoms with E-state index in [1.807, 2.05) is 0 Å². The molecule has 0 spiro atoms. The maximum absolute atomic E-state index is 12.8. The molecule has 0 aliphatic rings. The maximum Gasteiger partial charge on any atom is 0.339 e. The van der Waals surface area contributed by atoms with Crippen LogP contribution in [0.3, 0.4) is 0 Å². The molecule has 1 aromatic heterocycles. The van der Waals surface area contributed by atoms with Crippen molar-refractivity contribution in [2.75, 3.05) is 5.32 Å². The van der Waals surface area contributed by atoms with Crippen molar-refractivity contribution < 1.29 is 23.4 Å². The summed E-state index contributed by atoms with van der Waals surface area (Å²) in [5.41, 5.74) is 0.551. The van der Waals surface area contributed by atoms with Gasteiger partial charge in [0.25, 0.3) is 5.91 Å². The van der Waals surface area contributed by atoms with Gasteiger partial charge in [-0.1, -0.05) is 0 Å². The Hall–Kier alpha value is -2.96. The van der Waals surface area contributed by atoms with Gasteiger partial charge < -0.3 is 15.3 Å². The van der Waals surface area contributed by atoms with E-state index >= 15 is 0 Å². The summed E-state index contributed by atoms with van der Waals surface area (Å²) in [7, 11) is 0. The van der Waals surface area contributed by atoms with Gasteiger partial charge in [0, 0.05) is 17.8 Å². The summed E-state index contributed by atoms with van der Waals surface area (Å²) in [5.74, 6) is -1.69. The molecular formula is C15H13FN2O4. The molecular weight excluding hydrogens is 291 g/mol. The Bertz CT molecular complexity index is 671. The first-order valence-electron chi connectivity index (χ1n) is 6.42. The fraction of sp³-hybridized carbons (Fsp3) is 0.133. The first-order valence-corrected chi connectivity index (χ1v) is 6.42. The summed E-state index contributed by atoms with van der Waals surface area (Å²) >= 11 is 0. The largest absolute Gasteiger partial charge is 0.619 e. The van der Waals surface area contributed by atoms with E-state index in [1.165, 1.54) is 43.3 Å². The third kappa shape index (κ3) is 4.02. The van der Waals surface area contributed by atoms with Crippen molar-refractivity contribution in [2.24, 2.45) is 0 Å². The minimum Gasteiger partial charge on any atom is -0.619 e. The summed E-state index contributed by atoms with van der Waals surface area (Å²) in [6, 6.07) is 7.78. The molecule has 2 aromatic rings. The lowest BCUT2D eigenvalue weighted by Crippen LogP contribution is -2.30. The van der Waals surface area contributed by atoms with Crippen LogP contribution in [0, 0.1) is 11.0 Å². The molecule has 2 rings (SSSR count). The smallest absolute Gasteiger partial charge is 0.339 e. The molecule has 22 heavy (non-hydrogen) atoms. The van der Waals surface area contributed by atoms with Crippen LogP contribution in [0.4, 0.5) is 10.1 Å².